The van der Waals surface area contributed by atoms with Crippen LogP contribution < -0.4 is 5.43 Å². The fraction of sp³-hybridized carbons (Fsp3) is 0.0769. The molecule has 0 aliphatic rings. The fourth-order valence-electron chi connectivity index (χ4n) is 1.44. The molecule has 19 heavy (non-hydrogen) atoms. The van der Waals surface area contributed by atoms with Gasteiger partial charge in [0.25, 0.3) is 0 Å². The number of hydrogen-bond acceptors (Lipinski definition) is 3. The third-order valence-electron chi connectivity index (χ3n) is 2.23. The highest BCUT2D eigenvalue weighted by Crippen LogP contribution is 2.31. The van der Waals surface area contributed by atoms with Crippen molar-refractivity contribution in [2.45, 2.75) is 6.92 Å². The van der Waals surface area contributed by atoms with Crippen LogP contribution >= 0.6 is 23.2 Å². The highest BCUT2D eigenvalue weighted by molar-refractivity contribution is 6.35. The Bertz CT molecular complexity index is 635. The fourth-order valence-corrected chi connectivity index (χ4v) is 1.82. The van der Waals surface area contributed by atoms with E-state index >= 15 is 0 Å². The lowest BCUT2D eigenvalue weighted by Crippen LogP contribution is -2.12. The van der Waals surface area contributed by atoms with Gasteiger partial charge in [0.2, 0.25) is 5.91 Å². The maximum Gasteiger partial charge on any atom is 0.236 e. The van der Waals surface area contributed by atoms with Crippen LogP contribution in [0.1, 0.15) is 12.7 Å². The number of furan rings is 1. The summed E-state index contributed by atoms with van der Waals surface area (Å²) in [5, 5.41) is 4.83. The molecule has 0 spiro atoms. The highest BCUT2D eigenvalue weighted by Gasteiger charge is 2.08. The first-order valence-electron chi connectivity index (χ1n) is 5.41. The summed E-state index contributed by atoms with van der Waals surface area (Å²) in [6, 6.07) is 8.60. The van der Waals surface area contributed by atoms with E-state index in [0.717, 1.165) is 0 Å². The molecule has 0 saturated heterocycles. The van der Waals surface area contributed by atoms with Gasteiger partial charge in [-0.15, -0.1) is 0 Å². The molecule has 1 amide bonds. The number of rotatable bonds is 3. The van der Waals surface area contributed by atoms with Crippen molar-refractivity contribution in [3.8, 4) is 11.3 Å². The number of hydrogen-bond donors (Lipinski definition) is 1. The number of amides is 1. The van der Waals surface area contributed by atoms with Crippen molar-refractivity contribution in [1.82, 2.24) is 5.43 Å². The molecule has 0 aliphatic carbocycles. The van der Waals surface area contributed by atoms with E-state index in [9.17, 15) is 4.79 Å². The topological polar surface area (TPSA) is 54.6 Å². The van der Waals surface area contributed by atoms with E-state index in [0.29, 0.717) is 27.1 Å². The van der Waals surface area contributed by atoms with Crippen molar-refractivity contribution in [2.75, 3.05) is 0 Å². The molecule has 1 N–H and O–H groups in total. The molecule has 0 radical (unpaired) electrons. The van der Waals surface area contributed by atoms with Gasteiger partial charge in [0, 0.05) is 17.5 Å². The van der Waals surface area contributed by atoms with Crippen molar-refractivity contribution in [3.63, 3.8) is 0 Å². The lowest BCUT2D eigenvalue weighted by molar-refractivity contribution is -0.118. The first kappa shape index (κ1) is 13.6. The van der Waals surface area contributed by atoms with Crippen molar-refractivity contribution >= 4 is 35.3 Å². The maximum absolute atomic E-state index is 10.7. The zero-order chi connectivity index (χ0) is 13.8. The Hall–Kier alpha value is -1.78. The van der Waals surface area contributed by atoms with Gasteiger partial charge in [-0.25, -0.2) is 5.43 Å². The van der Waals surface area contributed by atoms with Gasteiger partial charge in [-0.2, -0.15) is 5.10 Å². The molecular formula is C13H10Cl2N2O2. The van der Waals surface area contributed by atoms with E-state index in [2.05, 4.69) is 10.5 Å². The van der Waals surface area contributed by atoms with Crippen molar-refractivity contribution in [2.24, 2.45) is 5.10 Å². The molecule has 1 aromatic heterocycles. The van der Waals surface area contributed by atoms with Crippen molar-refractivity contribution in [3.05, 3.63) is 46.1 Å². The zero-order valence-corrected chi connectivity index (χ0v) is 11.5. The third-order valence-corrected chi connectivity index (χ3v) is 2.80. The Labute approximate surface area is 120 Å². The average Bonchev–Trinajstić information content (AvgIpc) is 2.80. The molecule has 1 heterocycles. The predicted octanol–water partition coefficient (Wildman–Crippen LogP) is 3.72. The number of halogens is 2. The van der Waals surface area contributed by atoms with E-state index in [1.807, 2.05) is 0 Å². The molecule has 0 aliphatic heterocycles. The second-order valence-electron chi connectivity index (χ2n) is 3.75. The summed E-state index contributed by atoms with van der Waals surface area (Å²) in [4.78, 5) is 10.7. The molecule has 0 unspecified atom stereocenters. The Morgan fingerprint density at radius 2 is 2.11 bits per heavy atom. The van der Waals surface area contributed by atoms with Gasteiger partial charge in [-0.1, -0.05) is 23.2 Å². The Morgan fingerprint density at radius 3 is 2.84 bits per heavy atom. The maximum atomic E-state index is 10.7. The molecule has 0 fully saturated rings. The summed E-state index contributed by atoms with van der Waals surface area (Å²) < 4.78 is 5.54. The van der Waals surface area contributed by atoms with Crippen LogP contribution in [0.4, 0.5) is 0 Å². The molecule has 0 atom stereocenters. The van der Waals surface area contributed by atoms with Gasteiger partial charge in [0.15, 0.2) is 0 Å². The van der Waals surface area contributed by atoms with Crippen LogP contribution in [0.25, 0.3) is 11.3 Å². The van der Waals surface area contributed by atoms with E-state index < -0.39 is 0 Å². The quantitative estimate of drug-likeness (QED) is 0.693. The molecule has 6 heteroatoms. The van der Waals surface area contributed by atoms with Gasteiger partial charge in [0.1, 0.15) is 11.5 Å². The number of nitrogens with zero attached hydrogens (tertiary/aromatic N) is 1. The van der Waals surface area contributed by atoms with E-state index in [1.165, 1.54) is 13.1 Å². The van der Waals surface area contributed by atoms with Crippen LogP contribution in [0.2, 0.25) is 10.0 Å². The van der Waals surface area contributed by atoms with Crippen LogP contribution in [0, 0.1) is 0 Å². The summed E-state index contributed by atoms with van der Waals surface area (Å²) in [6.45, 7) is 1.37. The van der Waals surface area contributed by atoms with Crippen LogP contribution in [0.15, 0.2) is 39.9 Å². The molecule has 2 aromatic rings. The van der Waals surface area contributed by atoms with Gasteiger partial charge < -0.3 is 4.42 Å². The van der Waals surface area contributed by atoms with Gasteiger partial charge in [-0.3, -0.25) is 4.79 Å². The smallest absolute Gasteiger partial charge is 0.236 e. The summed E-state index contributed by atoms with van der Waals surface area (Å²) in [5.74, 6) is 0.831. The molecule has 0 bridgehead atoms. The minimum absolute atomic E-state index is 0.249. The summed E-state index contributed by atoms with van der Waals surface area (Å²) in [7, 11) is 0. The molecule has 98 valence electrons. The predicted molar refractivity (Wildman–Crippen MR) is 75.6 cm³/mol. The summed E-state index contributed by atoms with van der Waals surface area (Å²) in [5.41, 5.74) is 2.99. The number of nitrogens with one attached hydrogen (secondary N) is 1. The minimum atomic E-state index is -0.249. The SMILES string of the molecule is CC(=O)N/N=C/c1ccc(-c2cc(Cl)ccc2Cl)o1. The number of hydrazone groups is 1. The number of carbonyl (C=O) groups is 1. The van der Waals surface area contributed by atoms with Gasteiger partial charge in [-0.05, 0) is 30.3 Å². The lowest BCUT2D eigenvalue weighted by atomic mass is 10.2. The molecule has 4 nitrogen and oxygen atoms in total. The van der Waals surface area contributed by atoms with Crippen LogP contribution in [0.5, 0.6) is 0 Å². The molecular weight excluding hydrogens is 287 g/mol. The standard InChI is InChI=1S/C13H10Cl2N2O2/c1-8(18)17-16-7-10-3-5-13(19-10)11-6-9(14)2-4-12(11)15/h2-7H,1H3,(H,17,18)/b16-7+. The Balaban J connectivity index is 2.23. The second-order valence-corrected chi connectivity index (χ2v) is 4.60. The molecule has 0 saturated carbocycles. The van der Waals surface area contributed by atoms with Crippen molar-refractivity contribution < 1.29 is 9.21 Å². The zero-order valence-electron chi connectivity index (χ0n) is 9.98. The lowest BCUT2D eigenvalue weighted by Gasteiger charge is -2.00. The Kier molecular flexibility index (Phi) is 4.24. The normalized spacial score (nSPS) is 10.9. The monoisotopic (exact) mass is 296 g/mol. The largest absolute Gasteiger partial charge is 0.455 e. The van der Waals surface area contributed by atoms with Gasteiger partial charge >= 0.3 is 0 Å². The van der Waals surface area contributed by atoms with Gasteiger partial charge in [0.05, 0.1) is 11.2 Å². The Morgan fingerprint density at radius 1 is 1.32 bits per heavy atom. The third kappa shape index (κ3) is 3.59. The highest BCUT2D eigenvalue weighted by atomic mass is 35.5. The van der Waals surface area contributed by atoms with Crippen LogP contribution in [-0.2, 0) is 4.79 Å². The second kappa shape index (κ2) is 5.91. The molecule has 2 rings (SSSR count). The number of benzene rings is 1. The first-order chi connectivity index (χ1) is 9.06. The van der Waals surface area contributed by atoms with Crippen LogP contribution in [-0.4, -0.2) is 12.1 Å². The number of carbonyl (C=O) groups excluding carboxylic acids is 1. The first-order valence-corrected chi connectivity index (χ1v) is 6.17. The van der Waals surface area contributed by atoms with Crippen molar-refractivity contribution in [1.29, 1.82) is 0 Å². The summed E-state index contributed by atoms with van der Waals surface area (Å²) >= 11 is 12.0. The van der Waals surface area contributed by atoms with E-state index in [-0.39, 0.29) is 5.91 Å². The van der Waals surface area contributed by atoms with E-state index in [4.69, 9.17) is 27.6 Å². The molecule has 1 aromatic carbocycles. The van der Waals surface area contributed by atoms with Crippen LogP contribution in [0.3, 0.4) is 0 Å². The summed E-state index contributed by atoms with van der Waals surface area (Å²) in [6.07, 6.45) is 1.41. The average molecular weight is 297 g/mol. The van der Waals surface area contributed by atoms with E-state index in [1.54, 1.807) is 30.3 Å². The minimum Gasteiger partial charge on any atom is -0.455 e.